The number of nitrogens with zero attached hydrogens (tertiary/aromatic N) is 4. The van der Waals surface area contributed by atoms with Gasteiger partial charge in [-0.1, -0.05) is 29.7 Å². The van der Waals surface area contributed by atoms with Crippen LogP contribution in [-0.2, 0) is 4.74 Å². The van der Waals surface area contributed by atoms with E-state index < -0.39 is 11.7 Å². The van der Waals surface area contributed by atoms with Gasteiger partial charge < -0.3 is 9.30 Å². The molecular formula is C23H21BN4O2S. The Kier molecular flexibility index (Phi) is 5.65. The van der Waals surface area contributed by atoms with Gasteiger partial charge in [0.2, 0.25) is 0 Å². The molecule has 0 saturated heterocycles. The van der Waals surface area contributed by atoms with Crippen LogP contribution in [0.25, 0.3) is 16.9 Å². The monoisotopic (exact) mass is 428 g/mol. The molecule has 0 saturated carbocycles. The van der Waals surface area contributed by atoms with Crippen LogP contribution < -0.4 is 10.4 Å². The van der Waals surface area contributed by atoms with E-state index in [1.54, 1.807) is 36.8 Å². The Balaban J connectivity index is 1.65. The van der Waals surface area contributed by atoms with Crippen LogP contribution in [0.5, 0.6) is 0 Å². The highest BCUT2D eigenvalue weighted by atomic mass is 32.1. The van der Waals surface area contributed by atoms with Crippen molar-refractivity contribution >= 4 is 41.6 Å². The molecule has 2 aromatic carbocycles. The molecule has 1 amide bonds. The zero-order valence-electron chi connectivity index (χ0n) is 17.5. The maximum Gasteiger partial charge on any atom is 0.421 e. The first-order chi connectivity index (χ1) is 14.8. The smallest absolute Gasteiger partial charge is 0.421 e. The van der Waals surface area contributed by atoms with Gasteiger partial charge >= 0.3 is 6.09 Å². The number of benzene rings is 2. The van der Waals surface area contributed by atoms with Gasteiger partial charge in [0.1, 0.15) is 13.4 Å². The number of carbonyl (C=O) groups is 1. The number of rotatable bonds is 4. The molecule has 2 radical (unpaired) electrons. The minimum absolute atomic E-state index is 0.492. The lowest BCUT2D eigenvalue weighted by molar-refractivity contribution is 0.0599. The first kappa shape index (κ1) is 20.9. The van der Waals surface area contributed by atoms with Crippen LogP contribution in [0.4, 0.5) is 15.6 Å². The van der Waals surface area contributed by atoms with Gasteiger partial charge in [0, 0.05) is 29.0 Å². The summed E-state index contributed by atoms with van der Waals surface area (Å²) in [4.78, 5) is 23.3. The highest BCUT2D eigenvalue weighted by Gasteiger charge is 2.27. The predicted molar refractivity (Wildman–Crippen MR) is 125 cm³/mol. The Morgan fingerprint density at radius 3 is 2.42 bits per heavy atom. The van der Waals surface area contributed by atoms with Crippen molar-refractivity contribution in [2.45, 2.75) is 26.4 Å². The third-order valence-electron chi connectivity index (χ3n) is 4.38. The van der Waals surface area contributed by atoms with Gasteiger partial charge in [-0.3, -0.25) is 0 Å². The summed E-state index contributed by atoms with van der Waals surface area (Å²) in [5.41, 5.74) is 3.36. The van der Waals surface area contributed by atoms with E-state index >= 15 is 0 Å². The fourth-order valence-corrected chi connectivity index (χ4v) is 3.78. The Bertz CT molecular complexity index is 1160. The number of anilines is 2. The van der Waals surface area contributed by atoms with Crippen molar-refractivity contribution in [2.24, 2.45) is 0 Å². The number of amides is 1. The van der Waals surface area contributed by atoms with Crippen molar-refractivity contribution in [3.05, 3.63) is 72.6 Å². The number of ether oxygens (including phenoxy) is 1. The average molecular weight is 428 g/mol. The van der Waals surface area contributed by atoms with Crippen LogP contribution in [0.3, 0.4) is 0 Å². The second-order valence-corrected chi connectivity index (χ2v) is 8.78. The molecule has 0 atom stereocenters. The van der Waals surface area contributed by atoms with Gasteiger partial charge in [0.05, 0.1) is 17.7 Å². The molecule has 0 aliphatic heterocycles. The average Bonchev–Trinajstić information content (AvgIpc) is 3.41. The molecule has 0 bridgehead atoms. The van der Waals surface area contributed by atoms with Crippen molar-refractivity contribution in [3.63, 3.8) is 0 Å². The summed E-state index contributed by atoms with van der Waals surface area (Å²) in [7, 11) is 5.82. The number of hydrogen-bond acceptors (Lipinski definition) is 5. The van der Waals surface area contributed by atoms with Crippen molar-refractivity contribution < 1.29 is 9.53 Å². The minimum Gasteiger partial charge on any atom is -0.443 e. The molecule has 31 heavy (non-hydrogen) atoms. The summed E-state index contributed by atoms with van der Waals surface area (Å²) in [6.45, 7) is 5.50. The molecule has 0 N–H and O–H groups in total. The standard InChI is InChI=1S/C23H21BN4O2S/c1-23(2,3)30-22(29)28(19-10-6-17(24)7-11-19)21-26-20(14-31-21)16-4-8-18(9-5-16)27-13-12-25-15-27/h4-15H,1-3H3. The Morgan fingerprint density at radius 2 is 1.81 bits per heavy atom. The molecule has 8 heteroatoms. The highest BCUT2D eigenvalue weighted by Crippen LogP contribution is 2.33. The lowest BCUT2D eigenvalue weighted by atomic mass is 9.96. The van der Waals surface area contributed by atoms with Crippen molar-refractivity contribution in [1.82, 2.24) is 14.5 Å². The van der Waals surface area contributed by atoms with E-state index in [2.05, 4.69) is 4.98 Å². The van der Waals surface area contributed by atoms with E-state index in [9.17, 15) is 4.79 Å². The van der Waals surface area contributed by atoms with Crippen LogP contribution in [0, 0.1) is 0 Å². The summed E-state index contributed by atoms with van der Waals surface area (Å²) in [5, 5.41) is 2.45. The summed E-state index contributed by atoms with van der Waals surface area (Å²) in [6.07, 6.45) is 4.89. The topological polar surface area (TPSA) is 60.3 Å². The minimum atomic E-state index is -0.633. The Morgan fingerprint density at radius 1 is 1.10 bits per heavy atom. The first-order valence-electron chi connectivity index (χ1n) is 9.73. The van der Waals surface area contributed by atoms with Gasteiger partial charge in [-0.25, -0.2) is 19.7 Å². The van der Waals surface area contributed by atoms with Crippen LogP contribution in [-0.4, -0.2) is 34.1 Å². The molecule has 0 fully saturated rings. The number of thiazole rings is 1. The van der Waals surface area contributed by atoms with Gasteiger partial charge in [-0.15, -0.1) is 11.3 Å². The van der Waals surface area contributed by atoms with Crippen molar-refractivity contribution in [2.75, 3.05) is 4.90 Å². The molecule has 6 nitrogen and oxygen atoms in total. The summed E-state index contributed by atoms with van der Waals surface area (Å²) >= 11 is 1.38. The second-order valence-electron chi connectivity index (χ2n) is 7.94. The Labute approximate surface area is 186 Å². The second kappa shape index (κ2) is 8.39. The molecule has 154 valence electrons. The zero-order chi connectivity index (χ0) is 22.0. The van der Waals surface area contributed by atoms with Gasteiger partial charge in [0.25, 0.3) is 0 Å². The van der Waals surface area contributed by atoms with Gasteiger partial charge in [-0.2, -0.15) is 0 Å². The maximum atomic E-state index is 13.0. The summed E-state index contributed by atoms with van der Waals surface area (Å²) < 4.78 is 7.56. The highest BCUT2D eigenvalue weighted by molar-refractivity contribution is 7.14. The fraction of sp³-hybridized carbons (Fsp3) is 0.174. The predicted octanol–water partition coefficient (Wildman–Crippen LogP) is 4.86. The Hall–Kier alpha value is -3.39. The normalized spacial score (nSPS) is 11.3. The van der Waals surface area contributed by atoms with Crippen molar-refractivity contribution in [1.29, 1.82) is 0 Å². The van der Waals surface area contributed by atoms with E-state index in [-0.39, 0.29) is 0 Å². The molecule has 0 aliphatic carbocycles. The molecule has 0 aliphatic rings. The van der Waals surface area contributed by atoms with Gasteiger partial charge in [-0.05, 0) is 45.0 Å². The quantitative estimate of drug-likeness (QED) is 0.436. The number of aromatic nitrogens is 3. The van der Waals surface area contributed by atoms with Crippen LogP contribution in [0.1, 0.15) is 20.8 Å². The number of imidazole rings is 1. The summed E-state index contributed by atoms with van der Waals surface area (Å²) in [6, 6.07) is 15.0. The third kappa shape index (κ3) is 4.86. The fourth-order valence-electron chi connectivity index (χ4n) is 2.94. The lowest BCUT2D eigenvalue weighted by Crippen LogP contribution is -2.34. The lowest BCUT2D eigenvalue weighted by Gasteiger charge is -2.26. The molecule has 2 heterocycles. The van der Waals surface area contributed by atoms with Crippen molar-refractivity contribution in [3.8, 4) is 16.9 Å². The summed E-state index contributed by atoms with van der Waals surface area (Å²) in [5.74, 6) is 0. The molecule has 4 aromatic rings. The van der Waals surface area contributed by atoms with E-state index in [4.69, 9.17) is 17.6 Å². The molecule has 0 unspecified atom stereocenters. The van der Waals surface area contributed by atoms with E-state index in [0.29, 0.717) is 16.3 Å². The maximum absolute atomic E-state index is 13.0. The molecule has 2 aromatic heterocycles. The molecule has 4 rings (SSSR count). The number of hydrogen-bond donors (Lipinski definition) is 0. The van der Waals surface area contributed by atoms with Crippen LogP contribution >= 0.6 is 11.3 Å². The van der Waals surface area contributed by atoms with Crippen LogP contribution in [0.2, 0.25) is 0 Å². The van der Waals surface area contributed by atoms with E-state index in [1.807, 2.05) is 61.2 Å². The SMILES string of the molecule is [B]c1ccc(N(C(=O)OC(C)(C)C)c2nc(-c3ccc(-n4ccnc4)cc3)cs2)cc1. The number of carbonyl (C=O) groups excluding carboxylic acids is 1. The van der Waals surface area contributed by atoms with Crippen LogP contribution in [0.15, 0.2) is 72.6 Å². The first-order valence-corrected chi connectivity index (χ1v) is 10.6. The molecule has 0 spiro atoms. The largest absolute Gasteiger partial charge is 0.443 e. The van der Waals surface area contributed by atoms with E-state index in [1.165, 1.54) is 16.2 Å². The zero-order valence-corrected chi connectivity index (χ0v) is 18.3. The third-order valence-corrected chi connectivity index (χ3v) is 5.20. The van der Waals surface area contributed by atoms with Gasteiger partial charge in [0.15, 0.2) is 5.13 Å². The molecular weight excluding hydrogens is 407 g/mol. The van der Waals surface area contributed by atoms with E-state index in [0.717, 1.165) is 16.9 Å².